The van der Waals surface area contributed by atoms with Crippen molar-refractivity contribution in [3.63, 3.8) is 0 Å². The highest BCUT2D eigenvalue weighted by atomic mass is 16.6. The van der Waals surface area contributed by atoms with Gasteiger partial charge in [-0.2, -0.15) is 5.10 Å². The lowest BCUT2D eigenvalue weighted by molar-refractivity contribution is -0.385. The number of nitrogens with one attached hydrogen (secondary N) is 11. The number of rotatable bonds is 35. The number of nitro benzene ring substituents is 1. The Morgan fingerprint density at radius 3 is 1.22 bits per heavy atom. The summed E-state index contributed by atoms with van der Waals surface area (Å²) in [6, 6.07) is 38.5. The standard InChI is InChI=1S/C36H48N6O9.C25H34N4O4.C22H30N4O4/c1-23(27-21-30(49-6)31(22-29(27)42(47)48)50-19-11-15-32(43)37-5)40-41-34(45)28(14-9-10-18-38-35(46)51-36(2,3)4)39-33(44)26-17-16-24-12-7-8-13-25(24)20-26;1-17(2)28-29-23(31)21(12-8-9-15-26-24(32)33-25(3,4)5)27-22(30)20-14-13-18-10-6-7-11-19(18)16-20;1-22(2,3)30-21(29)24-13-7-6-10-18(20(28)26-23)25-19(27)17-12-11-15-8-4-5-9-16(15)14-17/h7-8,12-13,16-17,20-23,28,40H,9-11,14-15,18-19H2,1-6H3,(H,37,43)(H,38,46)(H,39,44)(H,41,45);6-7,10-11,13-14,16,21H,8-9,12,15H2,1-5H3,(H,26,32)(H,27,30)(H,29,31);4-5,8-9,11-12,14,18H,6-7,10,13,23H2,1-3H3,(H,24,29)(H,25,27)(H,26,28)/t23?,28-;21-;18-/m000/s1. The summed E-state index contributed by atoms with van der Waals surface area (Å²) in [6.07, 6.45) is 3.57. The number of hydrogen-bond donors (Lipinski definition) is 12. The van der Waals surface area contributed by atoms with Crippen LogP contribution in [0.25, 0.3) is 32.3 Å². The molecule has 0 fully saturated rings. The maximum atomic E-state index is 13.5. The van der Waals surface area contributed by atoms with Gasteiger partial charge in [0.15, 0.2) is 11.5 Å². The highest BCUT2D eigenvalue weighted by molar-refractivity contribution is 6.03. The molecule has 0 aromatic heterocycles. The van der Waals surface area contributed by atoms with E-state index in [-0.39, 0.29) is 65.8 Å². The monoisotopic (exact) mass is 1580 g/mol. The van der Waals surface area contributed by atoms with Crippen molar-refractivity contribution < 1.29 is 76.6 Å². The molecule has 0 saturated carbocycles. The summed E-state index contributed by atoms with van der Waals surface area (Å²) >= 11 is 0. The second kappa shape index (κ2) is 46.1. The Morgan fingerprint density at radius 2 is 0.868 bits per heavy atom. The third-order valence-electron chi connectivity index (χ3n) is 16.7. The molecular formula is C83H112N14O17. The molecule has 0 bridgehead atoms. The van der Waals surface area contributed by atoms with Gasteiger partial charge in [0.1, 0.15) is 34.9 Å². The van der Waals surface area contributed by atoms with Crippen molar-refractivity contribution >= 4 is 103 Å². The van der Waals surface area contributed by atoms with Gasteiger partial charge in [0.05, 0.1) is 36.3 Å². The Bertz CT molecular complexity index is 4450. The molecule has 7 aromatic rings. The van der Waals surface area contributed by atoms with Crippen LogP contribution in [0, 0.1) is 10.1 Å². The van der Waals surface area contributed by atoms with Crippen molar-refractivity contribution in [3.05, 3.63) is 172 Å². The summed E-state index contributed by atoms with van der Waals surface area (Å²) in [5.41, 5.74) is 10.2. The van der Waals surface area contributed by atoms with E-state index in [9.17, 15) is 58.1 Å². The van der Waals surface area contributed by atoms with E-state index in [0.29, 0.717) is 99.8 Å². The molecule has 0 radical (unpaired) electrons. The summed E-state index contributed by atoms with van der Waals surface area (Å²) < 4.78 is 26.7. The van der Waals surface area contributed by atoms with E-state index in [0.717, 1.165) is 32.3 Å². The average Bonchev–Trinajstić information content (AvgIpc) is 0.732. The van der Waals surface area contributed by atoms with Crippen molar-refractivity contribution in [2.24, 2.45) is 10.9 Å². The molecule has 0 spiro atoms. The minimum absolute atomic E-state index is 0.132. The van der Waals surface area contributed by atoms with Crippen LogP contribution in [0.15, 0.2) is 145 Å². The predicted molar refractivity (Wildman–Crippen MR) is 437 cm³/mol. The topological polar surface area (TPSA) is 431 Å². The Kier molecular flexibility index (Phi) is 37.5. The molecule has 616 valence electrons. The normalized spacial score (nSPS) is 12.1. The fourth-order valence-electron chi connectivity index (χ4n) is 11.0. The number of benzene rings is 7. The first-order valence-corrected chi connectivity index (χ1v) is 37.8. The van der Waals surface area contributed by atoms with E-state index in [1.165, 1.54) is 26.3 Å². The Labute approximate surface area is 665 Å². The number of nitro groups is 1. The third kappa shape index (κ3) is 33.9. The first kappa shape index (κ1) is 92.6. The molecule has 0 saturated heterocycles. The zero-order valence-electron chi connectivity index (χ0n) is 67.6. The molecule has 0 aliphatic carbocycles. The molecule has 31 heteroatoms. The first-order valence-electron chi connectivity index (χ1n) is 37.8. The Balaban J connectivity index is 0.000000321. The van der Waals surface area contributed by atoms with E-state index in [2.05, 4.69) is 64.0 Å². The molecule has 7 rings (SSSR count). The number of amides is 10. The summed E-state index contributed by atoms with van der Waals surface area (Å²) in [6.45, 7) is 22.5. The van der Waals surface area contributed by atoms with Crippen molar-refractivity contribution in [1.82, 2.24) is 58.9 Å². The molecule has 0 heterocycles. The highest BCUT2D eigenvalue weighted by Gasteiger charge is 2.29. The molecule has 0 aliphatic heterocycles. The zero-order chi connectivity index (χ0) is 84.1. The number of nitrogens with zero attached hydrogens (tertiary/aromatic N) is 2. The van der Waals surface area contributed by atoms with Crippen molar-refractivity contribution in [1.29, 1.82) is 0 Å². The van der Waals surface area contributed by atoms with Crippen molar-refractivity contribution in [2.45, 2.75) is 195 Å². The summed E-state index contributed by atoms with van der Waals surface area (Å²) in [7, 11) is 2.93. The highest BCUT2D eigenvalue weighted by Crippen LogP contribution is 2.38. The molecule has 1 unspecified atom stereocenters. The van der Waals surface area contributed by atoms with E-state index in [4.69, 9.17) is 29.5 Å². The lowest BCUT2D eigenvalue weighted by atomic mass is 10.0. The van der Waals surface area contributed by atoms with Gasteiger partial charge in [-0.05, 0) is 222 Å². The smallest absolute Gasteiger partial charge is 0.407 e. The van der Waals surface area contributed by atoms with E-state index >= 15 is 0 Å². The summed E-state index contributed by atoms with van der Waals surface area (Å²) in [5, 5.41) is 40.7. The Hall–Kier alpha value is -12.0. The molecule has 31 nitrogen and oxygen atoms in total. The fraction of sp³-hybridized carbons (Fsp3) is 0.434. The van der Waals surface area contributed by atoms with Gasteiger partial charge in [-0.3, -0.25) is 54.5 Å². The van der Waals surface area contributed by atoms with Gasteiger partial charge in [-0.25, -0.2) is 31.1 Å². The maximum Gasteiger partial charge on any atom is 0.407 e. The number of carbonyl (C=O) groups excluding carboxylic acids is 10. The number of methoxy groups -OCH3 is 1. The fourth-order valence-corrected chi connectivity index (χ4v) is 11.0. The molecule has 7 aromatic carbocycles. The number of ether oxygens (including phenoxy) is 5. The SMILES string of the molecule is CC(C)(C)OC(=O)NCCCC[C@H](NC(=O)c1ccc2ccccc2c1)C(=O)NN.CC(C)=NNC(=O)[C@H](CCCCNC(=O)OC(C)(C)C)NC(=O)c1ccc2ccccc2c1.CNC(=O)CCCOc1cc([N+](=O)[O-])c(C(C)NNC(=O)[C@H](CCCCNC(=O)OC(C)(C)C)NC(=O)c2ccc3ccccc3c2)cc1OC. The lowest BCUT2D eigenvalue weighted by Gasteiger charge is -2.22. The minimum Gasteiger partial charge on any atom is -0.493 e. The molecule has 4 atom stereocenters. The van der Waals surface area contributed by atoms with Gasteiger partial charge in [0.25, 0.3) is 41.1 Å². The van der Waals surface area contributed by atoms with Crippen LogP contribution < -0.4 is 74.2 Å². The number of carbonyl (C=O) groups is 10. The van der Waals surface area contributed by atoms with E-state index < -0.39 is 81.9 Å². The number of hydrazone groups is 1. The third-order valence-corrected chi connectivity index (χ3v) is 16.7. The second-order valence-electron chi connectivity index (χ2n) is 29.9. The van der Waals surface area contributed by atoms with Crippen LogP contribution in [0.2, 0.25) is 0 Å². The van der Waals surface area contributed by atoms with Crippen LogP contribution in [-0.4, -0.2) is 146 Å². The van der Waals surface area contributed by atoms with Crippen molar-refractivity contribution in [2.75, 3.05) is 40.4 Å². The van der Waals surface area contributed by atoms with Crippen LogP contribution in [0.4, 0.5) is 20.1 Å². The van der Waals surface area contributed by atoms with Crippen LogP contribution >= 0.6 is 0 Å². The maximum absolute atomic E-state index is 13.5. The Morgan fingerprint density at radius 1 is 0.491 bits per heavy atom. The molecular weight excluding hydrogens is 1460 g/mol. The van der Waals surface area contributed by atoms with Gasteiger partial charge in [0.2, 0.25) is 5.91 Å². The first-order chi connectivity index (χ1) is 54.0. The largest absolute Gasteiger partial charge is 0.493 e. The van der Waals surface area contributed by atoms with Gasteiger partial charge in [0, 0.05) is 55.5 Å². The van der Waals surface area contributed by atoms with Gasteiger partial charge >= 0.3 is 18.3 Å². The number of hydrazine groups is 2. The second-order valence-corrected chi connectivity index (χ2v) is 29.9. The number of hydrogen-bond acceptors (Lipinski definition) is 20. The number of unbranched alkanes of at least 4 members (excludes halogenated alkanes) is 3. The molecule has 10 amide bonds. The van der Waals surface area contributed by atoms with Gasteiger partial charge in [-0.15, -0.1) is 0 Å². The van der Waals surface area contributed by atoms with Crippen LogP contribution in [0.1, 0.15) is 196 Å². The summed E-state index contributed by atoms with van der Waals surface area (Å²) in [5.74, 6) is 2.94. The van der Waals surface area contributed by atoms with Crippen LogP contribution in [-0.2, 0) is 33.4 Å². The van der Waals surface area contributed by atoms with Crippen LogP contribution in [0.5, 0.6) is 11.5 Å². The van der Waals surface area contributed by atoms with Crippen LogP contribution in [0.3, 0.4) is 0 Å². The van der Waals surface area contributed by atoms with Crippen molar-refractivity contribution in [3.8, 4) is 11.5 Å². The van der Waals surface area contributed by atoms with E-state index in [1.54, 1.807) is 119 Å². The van der Waals surface area contributed by atoms with Gasteiger partial charge in [-0.1, -0.05) is 91.0 Å². The molecule has 0 aliphatic rings. The predicted octanol–water partition coefficient (Wildman–Crippen LogP) is 11.6. The zero-order valence-corrected chi connectivity index (χ0v) is 67.6. The average molecular weight is 1580 g/mol. The lowest BCUT2D eigenvalue weighted by Crippen LogP contribution is -2.51. The number of alkyl carbamates (subject to hydrolysis) is 3. The summed E-state index contributed by atoms with van der Waals surface area (Å²) in [4.78, 5) is 135. The van der Waals surface area contributed by atoms with E-state index in [1.807, 2.05) is 91.0 Å². The molecule has 13 N–H and O–H groups in total. The van der Waals surface area contributed by atoms with Gasteiger partial charge < -0.3 is 60.9 Å². The number of fused-ring (bicyclic) bond motifs is 3. The quantitative estimate of drug-likeness (QED) is 0.00334. The number of nitrogens with two attached hydrogens (primary N) is 1. The molecule has 114 heavy (non-hydrogen) atoms. The minimum atomic E-state index is -0.986.